The molecule has 134 valence electrons. The van der Waals surface area contributed by atoms with Crippen LogP contribution in [0, 0.1) is 25.7 Å². The zero-order valence-corrected chi connectivity index (χ0v) is 15.3. The smallest absolute Gasteiger partial charge is 0.227 e. The summed E-state index contributed by atoms with van der Waals surface area (Å²) in [5.41, 5.74) is 2.96. The van der Waals surface area contributed by atoms with Gasteiger partial charge >= 0.3 is 0 Å². The van der Waals surface area contributed by atoms with Crippen molar-refractivity contribution in [2.24, 2.45) is 11.8 Å². The predicted molar refractivity (Wildman–Crippen MR) is 95.2 cm³/mol. The quantitative estimate of drug-likeness (QED) is 0.906. The largest absolute Gasteiger partial charge is 0.381 e. The average molecular weight is 333 g/mol. The Balaban J connectivity index is 1.70. The molecule has 2 aliphatic rings. The summed E-state index contributed by atoms with van der Waals surface area (Å²) < 4.78 is 7.57. The van der Waals surface area contributed by atoms with Crippen LogP contribution in [-0.4, -0.2) is 28.9 Å². The number of aromatic nitrogens is 2. The van der Waals surface area contributed by atoms with Crippen molar-refractivity contribution in [1.29, 1.82) is 0 Å². The van der Waals surface area contributed by atoms with Crippen LogP contribution in [0.5, 0.6) is 0 Å². The van der Waals surface area contributed by atoms with Crippen molar-refractivity contribution in [2.45, 2.75) is 71.8 Å². The van der Waals surface area contributed by atoms with E-state index >= 15 is 0 Å². The van der Waals surface area contributed by atoms with Gasteiger partial charge in [-0.25, -0.2) is 0 Å². The average Bonchev–Trinajstić information content (AvgIpc) is 2.90. The van der Waals surface area contributed by atoms with Gasteiger partial charge in [0.15, 0.2) is 0 Å². The Morgan fingerprint density at radius 1 is 1.17 bits per heavy atom. The maximum atomic E-state index is 12.7. The number of anilines is 1. The molecule has 0 spiro atoms. The molecule has 24 heavy (non-hydrogen) atoms. The molecule has 1 saturated heterocycles. The van der Waals surface area contributed by atoms with Gasteiger partial charge in [0.1, 0.15) is 0 Å². The van der Waals surface area contributed by atoms with Crippen LogP contribution in [0.3, 0.4) is 0 Å². The van der Waals surface area contributed by atoms with Crippen LogP contribution in [0.1, 0.15) is 69.3 Å². The lowest BCUT2D eigenvalue weighted by Gasteiger charge is -2.27. The third-order valence-corrected chi connectivity index (χ3v) is 5.88. The van der Waals surface area contributed by atoms with Gasteiger partial charge in [-0.2, -0.15) is 5.10 Å². The van der Waals surface area contributed by atoms with E-state index < -0.39 is 0 Å². The van der Waals surface area contributed by atoms with E-state index in [1.54, 1.807) is 0 Å². The molecule has 1 saturated carbocycles. The van der Waals surface area contributed by atoms with Crippen molar-refractivity contribution in [2.75, 3.05) is 18.5 Å². The first kappa shape index (κ1) is 17.5. The van der Waals surface area contributed by atoms with Crippen LogP contribution in [0.2, 0.25) is 0 Å². The molecule has 1 amide bonds. The molecule has 0 aromatic carbocycles. The van der Waals surface area contributed by atoms with Gasteiger partial charge < -0.3 is 10.1 Å². The zero-order chi connectivity index (χ0) is 17.1. The summed E-state index contributed by atoms with van der Waals surface area (Å²) in [6.07, 6.45) is 8.27. The predicted octanol–water partition coefficient (Wildman–Crippen LogP) is 4.01. The number of hydrogen-bond acceptors (Lipinski definition) is 3. The zero-order valence-electron chi connectivity index (χ0n) is 15.3. The van der Waals surface area contributed by atoms with Crippen molar-refractivity contribution < 1.29 is 9.53 Å². The Hall–Kier alpha value is -1.36. The SMILES string of the molecule is Cc1nn(C2CCCCC2)c(C)c1NC(=O)[C@@H](C)C1CCOCC1. The van der Waals surface area contributed by atoms with Crippen LogP contribution in [-0.2, 0) is 9.53 Å². The molecular formula is C19H31N3O2. The number of aryl methyl sites for hydroxylation is 1. The molecule has 1 aromatic heterocycles. The number of ether oxygens (including phenoxy) is 1. The molecular weight excluding hydrogens is 302 g/mol. The second-order valence-electron chi connectivity index (χ2n) is 7.51. The van der Waals surface area contributed by atoms with Gasteiger partial charge in [-0.1, -0.05) is 26.2 Å². The second kappa shape index (κ2) is 7.68. The van der Waals surface area contributed by atoms with Gasteiger partial charge in [-0.15, -0.1) is 0 Å². The number of amides is 1. The molecule has 1 aliphatic carbocycles. The Labute approximate surface area is 145 Å². The summed E-state index contributed by atoms with van der Waals surface area (Å²) in [5.74, 6) is 0.565. The van der Waals surface area contributed by atoms with Gasteiger partial charge in [0, 0.05) is 19.1 Å². The normalized spacial score (nSPS) is 21.6. The van der Waals surface area contributed by atoms with Gasteiger partial charge in [0.25, 0.3) is 0 Å². The van der Waals surface area contributed by atoms with E-state index in [0.717, 1.165) is 43.1 Å². The van der Waals surface area contributed by atoms with Crippen molar-refractivity contribution in [3.05, 3.63) is 11.4 Å². The van der Waals surface area contributed by atoms with Gasteiger partial charge in [0.05, 0.1) is 23.1 Å². The molecule has 5 nitrogen and oxygen atoms in total. The maximum absolute atomic E-state index is 12.7. The minimum Gasteiger partial charge on any atom is -0.381 e. The molecule has 5 heteroatoms. The number of nitrogens with zero attached hydrogens (tertiary/aromatic N) is 2. The highest BCUT2D eigenvalue weighted by Gasteiger charge is 2.28. The summed E-state index contributed by atoms with van der Waals surface area (Å²) in [6.45, 7) is 7.69. The molecule has 3 rings (SSSR count). The lowest BCUT2D eigenvalue weighted by atomic mass is 9.86. The fraction of sp³-hybridized carbons (Fsp3) is 0.789. The summed E-state index contributed by atoms with van der Waals surface area (Å²) >= 11 is 0. The number of carbonyl (C=O) groups excluding carboxylic acids is 1. The number of carbonyl (C=O) groups is 1. The van der Waals surface area contributed by atoms with Crippen molar-refractivity contribution in [1.82, 2.24) is 9.78 Å². The number of rotatable bonds is 4. The van der Waals surface area contributed by atoms with E-state index in [2.05, 4.69) is 16.9 Å². The highest BCUT2D eigenvalue weighted by atomic mass is 16.5. The molecule has 2 fully saturated rings. The summed E-state index contributed by atoms with van der Waals surface area (Å²) in [4.78, 5) is 12.7. The second-order valence-corrected chi connectivity index (χ2v) is 7.51. The van der Waals surface area contributed by atoms with E-state index in [1.807, 2.05) is 13.8 Å². The van der Waals surface area contributed by atoms with E-state index in [-0.39, 0.29) is 11.8 Å². The van der Waals surface area contributed by atoms with Crippen molar-refractivity contribution >= 4 is 11.6 Å². The Morgan fingerprint density at radius 3 is 2.50 bits per heavy atom. The summed E-state index contributed by atoms with van der Waals surface area (Å²) in [5, 5.41) is 7.91. The van der Waals surface area contributed by atoms with E-state index in [4.69, 9.17) is 9.84 Å². The lowest BCUT2D eigenvalue weighted by Crippen LogP contribution is -2.31. The molecule has 0 radical (unpaired) electrons. The molecule has 0 bridgehead atoms. The molecule has 1 aliphatic heterocycles. The standard InChI is InChI=1S/C19H31N3O2/c1-13(16-9-11-24-12-10-16)19(23)20-18-14(2)21-22(15(18)3)17-7-5-4-6-8-17/h13,16-17H,4-12H2,1-3H3,(H,20,23)/t13-/m0/s1. The summed E-state index contributed by atoms with van der Waals surface area (Å²) in [7, 11) is 0. The van der Waals surface area contributed by atoms with E-state index in [9.17, 15) is 4.79 Å². The lowest BCUT2D eigenvalue weighted by molar-refractivity contribution is -0.122. The fourth-order valence-corrected chi connectivity index (χ4v) is 4.19. The first-order valence-corrected chi connectivity index (χ1v) is 9.52. The van der Waals surface area contributed by atoms with Gasteiger partial charge in [0.2, 0.25) is 5.91 Å². The Bertz CT molecular complexity index is 569. The molecule has 1 aromatic rings. The summed E-state index contributed by atoms with van der Waals surface area (Å²) in [6, 6.07) is 0.496. The molecule has 1 atom stereocenters. The maximum Gasteiger partial charge on any atom is 0.227 e. The topological polar surface area (TPSA) is 56.2 Å². The monoisotopic (exact) mass is 333 g/mol. The first-order chi connectivity index (χ1) is 11.6. The molecule has 0 unspecified atom stereocenters. The van der Waals surface area contributed by atoms with Crippen molar-refractivity contribution in [3.8, 4) is 0 Å². The van der Waals surface area contributed by atoms with Crippen LogP contribution in [0.15, 0.2) is 0 Å². The minimum absolute atomic E-state index is 0.0192. The first-order valence-electron chi connectivity index (χ1n) is 9.52. The third-order valence-electron chi connectivity index (χ3n) is 5.88. The minimum atomic E-state index is 0.0192. The van der Waals surface area contributed by atoms with Crippen LogP contribution in [0.25, 0.3) is 0 Å². The van der Waals surface area contributed by atoms with Gasteiger partial charge in [-0.05, 0) is 45.4 Å². The molecule has 2 heterocycles. The number of nitrogens with one attached hydrogen (secondary N) is 1. The van der Waals surface area contributed by atoms with E-state index in [0.29, 0.717) is 12.0 Å². The molecule has 1 N–H and O–H groups in total. The van der Waals surface area contributed by atoms with Crippen molar-refractivity contribution in [3.63, 3.8) is 0 Å². The van der Waals surface area contributed by atoms with Crippen LogP contribution < -0.4 is 5.32 Å². The van der Waals surface area contributed by atoms with Gasteiger partial charge in [-0.3, -0.25) is 9.48 Å². The number of hydrogen-bond donors (Lipinski definition) is 1. The van der Waals surface area contributed by atoms with Crippen LogP contribution in [0.4, 0.5) is 5.69 Å². The highest BCUT2D eigenvalue weighted by Crippen LogP contribution is 2.32. The van der Waals surface area contributed by atoms with E-state index in [1.165, 1.54) is 32.1 Å². The fourth-order valence-electron chi connectivity index (χ4n) is 4.19. The van der Waals surface area contributed by atoms with Crippen LogP contribution >= 0.6 is 0 Å². The Morgan fingerprint density at radius 2 is 1.83 bits per heavy atom. The highest BCUT2D eigenvalue weighted by molar-refractivity contribution is 5.93. The Kier molecular flexibility index (Phi) is 5.59. The third kappa shape index (κ3) is 3.66.